The number of halogens is 1. The number of hydrogen-bond donors (Lipinski definition) is 2. The molecule has 5 nitrogen and oxygen atoms in total. The third-order valence-corrected chi connectivity index (χ3v) is 8.23. The largest absolute Gasteiger partial charge is 0.508 e. The highest BCUT2D eigenvalue weighted by Gasteiger charge is 2.33. The average molecular weight is 514 g/mol. The van der Waals surface area contributed by atoms with Gasteiger partial charge in [-0.2, -0.15) is 0 Å². The van der Waals surface area contributed by atoms with E-state index < -0.39 is 0 Å². The van der Waals surface area contributed by atoms with Crippen molar-refractivity contribution in [2.75, 3.05) is 26.2 Å². The van der Waals surface area contributed by atoms with Gasteiger partial charge in [0.1, 0.15) is 35.7 Å². The summed E-state index contributed by atoms with van der Waals surface area (Å²) in [5.74, 6) is 3.58. The second-order valence-electron chi connectivity index (χ2n) is 9.43. The monoisotopic (exact) mass is 513 g/mol. The lowest BCUT2D eigenvalue weighted by atomic mass is 10.00. The van der Waals surface area contributed by atoms with Crippen molar-refractivity contribution in [2.45, 2.75) is 30.1 Å². The standard InChI is InChI=1S/C28H31NO4S.ClH/c1-18-16-29(17-19(18)2)13-14-32-24-10-5-20(6-11-24)27-28(21-3-7-22(30)8-4-21)34-26-15-23(31)9-12-25(26)33-27;/h3-12,15,18-19,27-28,30-31H,13-14,16-17H2,1-2H3;1H/t18-,19-,27+,28-;/m1./s1. The van der Waals surface area contributed by atoms with Crippen molar-refractivity contribution in [3.8, 4) is 23.0 Å². The molecule has 0 unspecified atom stereocenters. The van der Waals surface area contributed by atoms with E-state index in [4.69, 9.17) is 9.47 Å². The fraction of sp³-hybridized carbons (Fsp3) is 0.357. The number of ether oxygens (including phenoxy) is 2. The number of fused-ring (bicyclic) bond motifs is 1. The van der Waals surface area contributed by atoms with Gasteiger partial charge in [-0.15, -0.1) is 24.2 Å². The molecule has 5 rings (SSSR count). The summed E-state index contributed by atoms with van der Waals surface area (Å²) < 4.78 is 12.5. The van der Waals surface area contributed by atoms with Crippen LogP contribution in [0.2, 0.25) is 0 Å². The van der Waals surface area contributed by atoms with Crippen molar-refractivity contribution in [3.63, 3.8) is 0 Å². The first kappa shape index (κ1) is 25.5. The van der Waals surface area contributed by atoms with Crippen LogP contribution in [0.3, 0.4) is 0 Å². The van der Waals surface area contributed by atoms with E-state index in [0.29, 0.717) is 6.61 Å². The van der Waals surface area contributed by atoms with Gasteiger partial charge >= 0.3 is 0 Å². The van der Waals surface area contributed by atoms with E-state index in [2.05, 4.69) is 30.9 Å². The maximum absolute atomic E-state index is 9.94. The van der Waals surface area contributed by atoms with Gasteiger partial charge in [-0.05, 0) is 65.4 Å². The van der Waals surface area contributed by atoms with Crippen LogP contribution in [0.5, 0.6) is 23.0 Å². The fourth-order valence-corrected chi connectivity index (χ4v) is 6.04. The highest BCUT2D eigenvalue weighted by molar-refractivity contribution is 7.99. The van der Waals surface area contributed by atoms with Crippen LogP contribution < -0.4 is 9.47 Å². The molecule has 7 heteroatoms. The predicted octanol–water partition coefficient (Wildman–Crippen LogP) is 6.45. The molecule has 1 saturated heterocycles. The van der Waals surface area contributed by atoms with E-state index in [0.717, 1.165) is 59.0 Å². The van der Waals surface area contributed by atoms with Crippen LogP contribution in [0.1, 0.15) is 36.3 Å². The number of nitrogens with zero attached hydrogens (tertiary/aromatic N) is 1. The minimum atomic E-state index is -0.215. The number of thioether (sulfide) groups is 1. The first-order valence-corrected chi connectivity index (χ1v) is 12.7. The van der Waals surface area contributed by atoms with Crippen LogP contribution in [-0.4, -0.2) is 41.4 Å². The fourth-order valence-electron chi connectivity index (χ4n) is 4.71. The van der Waals surface area contributed by atoms with Crippen molar-refractivity contribution < 1.29 is 19.7 Å². The topological polar surface area (TPSA) is 62.2 Å². The first-order valence-electron chi connectivity index (χ1n) is 11.9. The van der Waals surface area contributed by atoms with E-state index in [1.54, 1.807) is 36.0 Å². The van der Waals surface area contributed by atoms with Crippen molar-refractivity contribution in [2.24, 2.45) is 11.8 Å². The third-order valence-electron chi connectivity index (χ3n) is 6.88. The van der Waals surface area contributed by atoms with Crippen LogP contribution in [-0.2, 0) is 0 Å². The summed E-state index contributed by atoms with van der Waals surface area (Å²) in [6, 6.07) is 20.6. The number of likely N-dealkylation sites (tertiary alicyclic amines) is 1. The summed E-state index contributed by atoms with van der Waals surface area (Å²) >= 11 is 1.66. The van der Waals surface area contributed by atoms with Gasteiger partial charge < -0.3 is 19.7 Å². The molecule has 0 bridgehead atoms. The molecule has 0 aliphatic carbocycles. The summed E-state index contributed by atoms with van der Waals surface area (Å²) in [7, 11) is 0. The predicted molar refractivity (Wildman–Crippen MR) is 142 cm³/mol. The molecular weight excluding hydrogens is 482 g/mol. The quantitative estimate of drug-likeness (QED) is 0.395. The zero-order valence-corrected chi connectivity index (χ0v) is 21.6. The Morgan fingerprint density at radius 3 is 2.20 bits per heavy atom. The van der Waals surface area contributed by atoms with Crippen molar-refractivity contribution in [1.29, 1.82) is 0 Å². The molecule has 35 heavy (non-hydrogen) atoms. The van der Waals surface area contributed by atoms with Crippen molar-refractivity contribution >= 4 is 24.2 Å². The Kier molecular flexibility index (Phi) is 8.05. The van der Waals surface area contributed by atoms with E-state index in [-0.39, 0.29) is 35.3 Å². The zero-order chi connectivity index (χ0) is 23.7. The van der Waals surface area contributed by atoms with Crippen LogP contribution in [0, 0.1) is 11.8 Å². The normalized spacial score (nSPS) is 23.7. The maximum Gasteiger partial charge on any atom is 0.140 e. The van der Waals surface area contributed by atoms with Gasteiger partial charge in [0.05, 0.1) is 10.1 Å². The molecule has 2 N–H and O–H groups in total. The molecule has 0 amide bonds. The molecular formula is C28H32ClNO4S. The summed E-state index contributed by atoms with van der Waals surface area (Å²) in [4.78, 5) is 3.38. The van der Waals surface area contributed by atoms with Crippen molar-refractivity contribution in [3.05, 3.63) is 77.9 Å². The summed E-state index contributed by atoms with van der Waals surface area (Å²) in [5, 5.41) is 19.7. The summed E-state index contributed by atoms with van der Waals surface area (Å²) in [5.41, 5.74) is 2.11. The minimum Gasteiger partial charge on any atom is -0.508 e. The van der Waals surface area contributed by atoms with Crippen LogP contribution in [0.15, 0.2) is 71.6 Å². The Balaban J connectivity index is 0.00000289. The van der Waals surface area contributed by atoms with Gasteiger partial charge in [0.2, 0.25) is 0 Å². The lowest BCUT2D eigenvalue weighted by Crippen LogP contribution is -2.26. The second-order valence-corrected chi connectivity index (χ2v) is 10.6. The van der Waals surface area contributed by atoms with E-state index in [9.17, 15) is 10.2 Å². The van der Waals surface area contributed by atoms with Gasteiger partial charge in [-0.3, -0.25) is 4.90 Å². The van der Waals surface area contributed by atoms with E-state index in [1.807, 2.05) is 30.3 Å². The van der Waals surface area contributed by atoms with Gasteiger partial charge in [-0.1, -0.05) is 38.1 Å². The Morgan fingerprint density at radius 1 is 0.886 bits per heavy atom. The Hall–Kier alpha value is -2.54. The Bertz CT molecular complexity index is 1110. The molecule has 0 spiro atoms. The number of phenols is 2. The molecule has 0 radical (unpaired) electrons. The molecule has 2 aliphatic heterocycles. The minimum absolute atomic E-state index is 0. The number of aromatic hydroxyl groups is 2. The van der Waals surface area contributed by atoms with Gasteiger partial charge in [0, 0.05) is 19.6 Å². The summed E-state index contributed by atoms with van der Waals surface area (Å²) in [6.45, 7) is 8.58. The van der Waals surface area contributed by atoms with Crippen LogP contribution >= 0.6 is 24.2 Å². The maximum atomic E-state index is 9.94. The molecule has 3 aromatic carbocycles. The van der Waals surface area contributed by atoms with Gasteiger partial charge in [0.15, 0.2) is 0 Å². The Morgan fingerprint density at radius 2 is 1.51 bits per heavy atom. The first-order chi connectivity index (χ1) is 16.5. The summed E-state index contributed by atoms with van der Waals surface area (Å²) in [6.07, 6.45) is -0.215. The van der Waals surface area contributed by atoms with E-state index >= 15 is 0 Å². The Labute approximate surface area is 217 Å². The molecule has 2 aliphatic rings. The lowest BCUT2D eigenvalue weighted by molar-refractivity contribution is 0.190. The van der Waals surface area contributed by atoms with Crippen LogP contribution in [0.4, 0.5) is 0 Å². The molecule has 2 heterocycles. The molecule has 4 atom stereocenters. The van der Waals surface area contributed by atoms with Crippen molar-refractivity contribution in [1.82, 2.24) is 4.90 Å². The molecule has 0 saturated carbocycles. The lowest BCUT2D eigenvalue weighted by Gasteiger charge is -2.34. The molecule has 1 fully saturated rings. The van der Waals surface area contributed by atoms with E-state index in [1.165, 1.54) is 0 Å². The number of benzene rings is 3. The molecule has 0 aromatic heterocycles. The molecule has 3 aromatic rings. The molecule has 186 valence electrons. The highest BCUT2D eigenvalue weighted by atomic mass is 35.5. The van der Waals surface area contributed by atoms with Gasteiger partial charge in [0.25, 0.3) is 0 Å². The highest BCUT2D eigenvalue weighted by Crippen LogP contribution is 2.54. The number of rotatable bonds is 6. The zero-order valence-electron chi connectivity index (χ0n) is 20.0. The van der Waals surface area contributed by atoms with Gasteiger partial charge in [-0.25, -0.2) is 0 Å². The van der Waals surface area contributed by atoms with Crippen LogP contribution in [0.25, 0.3) is 0 Å². The number of phenolic OH excluding ortho intramolecular Hbond substituents is 2. The third kappa shape index (κ3) is 5.83. The second kappa shape index (κ2) is 11.0. The number of hydrogen-bond acceptors (Lipinski definition) is 6. The SMILES string of the molecule is C[C@@H]1CN(CCOc2ccc([C@@H]3Oc4ccc(O)cc4S[C@@H]3c3ccc(O)cc3)cc2)C[C@H]1C.Cl. The smallest absolute Gasteiger partial charge is 0.140 e. The average Bonchev–Trinajstić information content (AvgIpc) is 3.16.